The van der Waals surface area contributed by atoms with Crippen LogP contribution in [0.5, 0.6) is 5.75 Å². The lowest BCUT2D eigenvalue weighted by atomic mass is 9.97. The molecule has 4 heterocycles. The molecule has 0 saturated carbocycles. The molecule has 1 fully saturated rings. The van der Waals surface area contributed by atoms with Crippen molar-refractivity contribution in [1.29, 1.82) is 0 Å². The Bertz CT molecular complexity index is 1130. The first-order chi connectivity index (χ1) is 14.2. The van der Waals surface area contributed by atoms with Crippen LogP contribution in [0.1, 0.15) is 30.4 Å². The first-order valence-corrected chi connectivity index (χ1v) is 9.70. The number of anilines is 1. The van der Waals surface area contributed by atoms with Crippen LogP contribution in [0, 0.1) is 6.92 Å². The molecule has 0 amide bonds. The predicted octanol–water partition coefficient (Wildman–Crippen LogP) is 2.61. The van der Waals surface area contributed by atoms with Gasteiger partial charge in [0.1, 0.15) is 17.9 Å². The van der Waals surface area contributed by atoms with Crippen molar-refractivity contribution in [3.63, 3.8) is 0 Å². The normalized spacial score (nSPS) is 17.0. The molecule has 148 valence electrons. The molecule has 1 unspecified atom stereocenters. The number of piperidine rings is 1. The first kappa shape index (κ1) is 17.6. The van der Waals surface area contributed by atoms with Gasteiger partial charge in [0.05, 0.1) is 18.5 Å². The van der Waals surface area contributed by atoms with E-state index < -0.39 is 0 Å². The fourth-order valence-corrected chi connectivity index (χ4v) is 3.90. The Kier molecular flexibility index (Phi) is 4.34. The predicted molar refractivity (Wildman–Crippen MR) is 108 cm³/mol. The van der Waals surface area contributed by atoms with Gasteiger partial charge in [-0.25, -0.2) is 4.98 Å². The largest absolute Gasteiger partial charge is 0.497 e. The van der Waals surface area contributed by atoms with Gasteiger partial charge >= 0.3 is 0 Å². The fourth-order valence-electron chi connectivity index (χ4n) is 3.90. The molecular weight excluding hydrogens is 368 g/mol. The molecule has 0 spiro atoms. The highest BCUT2D eigenvalue weighted by atomic mass is 16.5. The lowest BCUT2D eigenvalue weighted by Gasteiger charge is -2.33. The lowest BCUT2D eigenvalue weighted by molar-refractivity contribution is 0.415. The number of aromatic nitrogens is 7. The number of H-pyrrole nitrogens is 1. The van der Waals surface area contributed by atoms with E-state index in [9.17, 15) is 0 Å². The third-order valence-electron chi connectivity index (χ3n) is 5.38. The van der Waals surface area contributed by atoms with Crippen molar-refractivity contribution in [2.75, 3.05) is 25.1 Å². The zero-order valence-corrected chi connectivity index (χ0v) is 16.4. The van der Waals surface area contributed by atoms with E-state index in [2.05, 4.69) is 36.3 Å². The van der Waals surface area contributed by atoms with Crippen LogP contribution in [-0.4, -0.2) is 55.2 Å². The molecule has 1 aromatic carbocycles. The van der Waals surface area contributed by atoms with Gasteiger partial charge in [-0.15, -0.1) is 10.2 Å². The van der Waals surface area contributed by atoms with E-state index in [1.807, 2.05) is 31.2 Å². The van der Waals surface area contributed by atoms with E-state index in [-0.39, 0.29) is 5.92 Å². The van der Waals surface area contributed by atoms with Crippen LogP contribution >= 0.6 is 0 Å². The Morgan fingerprint density at radius 2 is 2.07 bits per heavy atom. The van der Waals surface area contributed by atoms with Gasteiger partial charge in [0.25, 0.3) is 0 Å². The Balaban J connectivity index is 1.52. The summed E-state index contributed by atoms with van der Waals surface area (Å²) >= 11 is 0. The maximum Gasteiger partial charge on any atom is 0.200 e. The third kappa shape index (κ3) is 3.28. The lowest BCUT2D eigenvalue weighted by Crippen LogP contribution is -2.35. The van der Waals surface area contributed by atoms with E-state index in [1.54, 1.807) is 18.0 Å². The minimum Gasteiger partial charge on any atom is -0.497 e. The summed E-state index contributed by atoms with van der Waals surface area (Å²) in [5.41, 5.74) is 3.67. The standard InChI is InChI=1S/C20H22N8O/c1-13-22-19(24-23-13)15-4-3-9-27(11-15)18-10-17(26-28-12-21-25-20(18)28)14-5-7-16(29-2)8-6-14/h5-8,10,12,15H,3-4,9,11H2,1-2H3,(H,22,23,24). The summed E-state index contributed by atoms with van der Waals surface area (Å²) in [7, 11) is 1.66. The summed E-state index contributed by atoms with van der Waals surface area (Å²) < 4.78 is 7.01. The number of nitrogens with one attached hydrogen (secondary N) is 1. The number of aromatic amines is 1. The van der Waals surface area contributed by atoms with Crippen molar-refractivity contribution in [3.8, 4) is 17.0 Å². The van der Waals surface area contributed by atoms with Crippen LogP contribution in [0.3, 0.4) is 0 Å². The molecule has 3 aromatic heterocycles. The number of hydrogen-bond donors (Lipinski definition) is 1. The zero-order chi connectivity index (χ0) is 19.8. The van der Waals surface area contributed by atoms with Gasteiger partial charge < -0.3 is 9.64 Å². The Morgan fingerprint density at radius 3 is 2.83 bits per heavy atom. The summed E-state index contributed by atoms with van der Waals surface area (Å²) in [4.78, 5) is 6.89. The highest BCUT2D eigenvalue weighted by molar-refractivity contribution is 5.74. The molecule has 0 bridgehead atoms. The van der Waals surface area contributed by atoms with E-state index in [1.165, 1.54) is 0 Å². The summed E-state index contributed by atoms with van der Waals surface area (Å²) in [5, 5.41) is 20.4. The summed E-state index contributed by atoms with van der Waals surface area (Å²) in [6.45, 7) is 3.72. The van der Waals surface area contributed by atoms with Gasteiger partial charge in [-0.05, 0) is 50.1 Å². The minimum absolute atomic E-state index is 0.286. The van der Waals surface area contributed by atoms with Crippen LogP contribution in [0.4, 0.5) is 5.69 Å². The molecule has 9 nitrogen and oxygen atoms in total. The van der Waals surface area contributed by atoms with Gasteiger partial charge in [0.2, 0.25) is 5.65 Å². The van der Waals surface area contributed by atoms with Crippen LogP contribution < -0.4 is 9.64 Å². The number of rotatable bonds is 4. The minimum atomic E-state index is 0.286. The Hall–Kier alpha value is -3.49. The summed E-state index contributed by atoms with van der Waals surface area (Å²) in [5.74, 6) is 2.84. The third-order valence-corrected chi connectivity index (χ3v) is 5.38. The summed E-state index contributed by atoms with van der Waals surface area (Å²) in [6, 6.07) is 10.00. The second kappa shape index (κ2) is 7.16. The average molecular weight is 390 g/mol. The SMILES string of the molecule is COc1ccc(-c2cc(N3CCCC(c4n[nH]c(C)n4)C3)c3nncn3n2)cc1. The van der Waals surface area contributed by atoms with Crippen LogP contribution in [-0.2, 0) is 0 Å². The maximum absolute atomic E-state index is 5.27. The van der Waals surface area contributed by atoms with Gasteiger partial charge in [0, 0.05) is 24.6 Å². The van der Waals surface area contributed by atoms with Crippen molar-refractivity contribution in [2.45, 2.75) is 25.7 Å². The molecule has 29 heavy (non-hydrogen) atoms. The summed E-state index contributed by atoms with van der Waals surface area (Å²) in [6.07, 6.45) is 3.79. The molecule has 1 aliphatic rings. The number of aryl methyl sites for hydroxylation is 1. The van der Waals surface area contributed by atoms with E-state index >= 15 is 0 Å². The molecule has 1 saturated heterocycles. The van der Waals surface area contributed by atoms with Gasteiger partial charge in [0.15, 0.2) is 5.82 Å². The molecule has 5 rings (SSSR count). The quantitative estimate of drug-likeness (QED) is 0.572. The van der Waals surface area contributed by atoms with E-state index in [0.717, 1.165) is 65.9 Å². The molecular formula is C20H22N8O. The second-order valence-electron chi connectivity index (χ2n) is 7.31. The van der Waals surface area contributed by atoms with Crippen molar-refractivity contribution >= 4 is 11.3 Å². The second-order valence-corrected chi connectivity index (χ2v) is 7.31. The van der Waals surface area contributed by atoms with E-state index in [0.29, 0.717) is 0 Å². The Morgan fingerprint density at radius 1 is 1.21 bits per heavy atom. The zero-order valence-electron chi connectivity index (χ0n) is 16.4. The molecule has 1 aliphatic heterocycles. The number of hydrogen-bond acceptors (Lipinski definition) is 7. The smallest absolute Gasteiger partial charge is 0.200 e. The maximum atomic E-state index is 5.27. The monoisotopic (exact) mass is 390 g/mol. The molecule has 0 aliphatic carbocycles. The molecule has 1 atom stereocenters. The van der Waals surface area contributed by atoms with Crippen LogP contribution in [0.25, 0.3) is 16.9 Å². The van der Waals surface area contributed by atoms with Crippen molar-refractivity contribution < 1.29 is 4.74 Å². The molecule has 1 N–H and O–H groups in total. The number of methoxy groups -OCH3 is 1. The number of ether oxygens (including phenoxy) is 1. The highest BCUT2D eigenvalue weighted by Gasteiger charge is 2.26. The van der Waals surface area contributed by atoms with E-state index in [4.69, 9.17) is 9.84 Å². The van der Waals surface area contributed by atoms with Crippen LogP contribution in [0.15, 0.2) is 36.7 Å². The molecule has 4 aromatic rings. The van der Waals surface area contributed by atoms with Gasteiger partial charge in [-0.3, -0.25) is 5.10 Å². The molecule has 9 heteroatoms. The van der Waals surface area contributed by atoms with Crippen molar-refractivity contribution in [3.05, 3.63) is 48.3 Å². The number of benzene rings is 1. The van der Waals surface area contributed by atoms with Gasteiger partial charge in [-0.1, -0.05) is 0 Å². The van der Waals surface area contributed by atoms with Crippen molar-refractivity contribution in [1.82, 2.24) is 35.0 Å². The average Bonchev–Trinajstić information content (AvgIpc) is 3.42. The van der Waals surface area contributed by atoms with Gasteiger partial charge in [-0.2, -0.15) is 14.7 Å². The van der Waals surface area contributed by atoms with Crippen LogP contribution in [0.2, 0.25) is 0 Å². The highest BCUT2D eigenvalue weighted by Crippen LogP contribution is 2.32. The molecule has 0 radical (unpaired) electrons. The topological polar surface area (TPSA) is 97.1 Å². The number of fused-ring (bicyclic) bond motifs is 1. The Labute approximate surface area is 167 Å². The number of nitrogens with zero attached hydrogens (tertiary/aromatic N) is 7. The first-order valence-electron chi connectivity index (χ1n) is 9.70. The fraction of sp³-hybridized carbons (Fsp3) is 0.350. The van der Waals surface area contributed by atoms with Crippen molar-refractivity contribution in [2.24, 2.45) is 0 Å².